The Morgan fingerprint density at radius 2 is 1.69 bits per heavy atom. The number of benzene rings is 2. The van der Waals surface area contributed by atoms with Gasteiger partial charge in [-0.2, -0.15) is 4.31 Å². The zero-order valence-corrected chi connectivity index (χ0v) is 16.9. The van der Waals surface area contributed by atoms with E-state index in [1.165, 1.54) is 22.5 Å². The topological polar surface area (TPSA) is 110 Å². The highest BCUT2D eigenvalue weighted by Crippen LogP contribution is 2.24. The highest BCUT2D eigenvalue weighted by atomic mass is 32.2. The number of rotatable bonds is 7. The molecule has 2 rings (SSSR count). The summed E-state index contributed by atoms with van der Waals surface area (Å²) in [6.45, 7) is 5.49. The SMILES string of the molecule is CCN(CC)S(=O)(=O)c1cc(C(=O)Nc2cc(C(N)=O)c(F)cc2F)ccc1C. The highest BCUT2D eigenvalue weighted by molar-refractivity contribution is 7.89. The molecule has 0 aliphatic rings. The summed E-state index contributed by atoms with van der Waals surface area (Å²) in [4.78, 5) is 23.7. The maximum Gasteiger partial charge on any atom is 0.255 e. The van der Waals surface area contributed by atoms with Crippen LogP contribution in [0.5, 0.6) is 0 Å². The first-order valence-electron chi connectivity index (χ1n) is 8.73. The van der Waals surface area contributed by atoms with Crippen LogP contribution in [0.15, 0.2) is 35.2 Å². The van der Waals surface area contributed by atoms with E-state index in [4.69, 9.17) is 5.73 Å². The van der Waals surface area contributed by atoms with Crippen LogP contribution in [0.3, 0.4) is 0 Å². The molecule has 0 saturated heterocycles. The second-order valence-corrected chi connectivity index (χ2v) is 8.11. The fourth-order valence-corrected chi connectivity index (χ4v) is 4.46. The van der Waals surface area contributed by atoms with Crippen molar-refractivity contribution >= 4 is 27.5 Å². The van der Waals surface area contributed by atoms with Crippen molar-refractivity contribution in [2.75, 3.05) is 18.4 Å². The van der Waals surface area contributed by atoms with Crippen LogP contribution in [-0.4, -0.2) is 37.6 Å². The van der Waals surface area contributed by atoms with E-state index in [0.717, 1.165) is 6.07 Å². The summed E-state index contributed by atoms with van der Waals surface area (Å²) in [5.74, 6) is -4.22. The Balaban J connectivity index is 2.44. The Hall–Kier alpha value is -2.85. The molecular formula is C19H21F2N3O4S. The molecule has 0 atom stereocenters. The minimum absolute atomic E-state index is 0.0498. The maximum atomic E-state index is 14.0. The van der Waals surface area contributed by atoms with E-state index in [-0.39, 0.29) is 23.5 Å². The maximum absolute atomic E-state index is 14.0. The number of halogens is 2. The first kappa shape index (κ1) is 22.4. The first-order chi connectivity index (χ1) is 13.5. The quantitative estimate of drug-likeness (QED) is 0.711. The van der Waals surface area contributed by atoms with E-state index < -0.39 is 44.7 Å². The number of nitrogens with zero attached hydrogens (tertiary/aromatic N) is 1. The molecule has 2 amide bonds. The van der Waals surface area contributed by atoms with Crippen molar-refractivity contribution in [2.24, 2.45) is 5.73 Å². The lowest BCUT2D eigenvalue weighted by atomic mass is 10.1. The van der Waals surface area contributed by atoms with E-state index >= 15 is 0 Å². The van der Waals surface area contributed by atoms with Crippen LogP contribution in [-0.2, 0) is 10.0 Å². The molecule has 0 radical (unpaired) electrons. The minimum Gasteiger partial charge on any atom is -0.366 e. The first-order valence-corrected chi connectivity index (χ1v) is 10.2. The van der Waals surface area contributed by atoms with Gasteiger partial charge < -0.3 is 11.1 Å². The summed E-state index contributed by atoms with van der Waals surface area (Å²) >= 11 is 0. The van der Waals surface area contributed by atoms with Gasteiger partial charge in [0.15, 0.2) is 0 Å². The fraction of sp³-hybridized carbons (Fsp3) is 0.263. The normalized spacial score (nSPS) is 11.5. The molecule has 0 bridgehead atoms. The molecule has 2 aromatic rings. The van der Waals surface area contributed by atoms with Gasteiger partial charge in [-0.3, -0.25) is 9.59 Å². The summed E-state index contributed by atoms with van der Waals surface area (Å²) < 4.78 is 54.4. The molecule has 0 fully saturated rings. The number of sulfonamides is 1. The molecule has 2 aromatic carbocycles. The smallest absolute Gasteiger partial charge is 0.255 e. The predicted molar refractivity (Wildman–Crippen MR) is 104 cm³/mol. The van der Waals surface area contributed by atoms with Crippen molar-refractivity contribution in [1.82, 2.24) is 4.31 Å². The third-order valence-electron chi connectivity index (χ3n) is 4.34. The summed E-state index contributed by atoms with van der Waals surface area (Å²) in [7, 11) is -3.82. The van der Waals surface area contributed by atoms with Gasteiger partial charge in [0, 0.05) is 24.7 Å². The second kappa shape index (κ2) is 8.66. The number of hydrogen-bond donors (Lipinski definition) is 2. The number of amides is 2. The number of anilines is 1. The van der Waals surface area contributed by atoms with Gasteiger partial charge in [-0.1, -0.05) is 19.9 Å². The van der Waals surface area contributed by atoms with Gasteiger partial charge in [-0.05, 0) is 30.7 Å². The van der Waals surface area contributed by atoms with Crippen LogP contribution in [0.25, 0.3) is 0 Å². The lowest BCUT2D eigenvalue weighted by Crippen LogP contribution is -2.31. The van der Waals surface area contributed by atoms with Crippen LogP contribution in [0.2, 0.25) is 0 Å². The summed E-state index contributed by atoms with van der Waals surface area (Å²) in [5, 5.41) is 2.21. The number of primary amides is 1. The summed E-state index contributed by atoms with van der Waals surface area (Å²) in [6, 6.07) is 5.24. The molecule has 156 valence electrons. The van der Waals surface area contributed by atoms with Gasteiger partial charge in [0.2, 0.25) is 10.0 Å². The number of nitrogens with one attached hydrogen (secondary N) is 1. The van der Waals surface area contributed by atoms with Gasteiger partial charge in [0.05, 0.1) is 16.1 Å². The van der Waals surface area contributed by atoms with Crippen molar-refractivity contribution in [1.29, 1.82) is 0 Å². The van der Waals surface area contributed by atoms with Crippen molar-refractivity contribution in [2.45, 2.75) is 25.7 Å². The molecule has 29 heavy (non-hydrogen) atoms. The zero-order valence-electron chi connectivity index (χ0n) is 16.1. The van der Waals surface area contributed by atoms with Crippen molar-refractivity contribution in [3.8, 4) is 0 Å². The third kappa shape index (κ3) is 4.60. The lowest BCUT2D eigenvalue weighted by Gasteiger charge is -2.20. The molecule has 0 heterocycles. The van der Waals surface area contributed by atoms with E-state index in [1.54, 1.807) is 20.8 Å². The van der Waals surface area contributed by atoms with E-state index in [0.29, 0.717) is 11.6 Å². The Morgan fingerprint density at radius 3 is 2.24 bits per heavy atom. The third-order valence-corrected chi connectivity index (χ3v) is 6.54. The van der Waals surface area contributed by atoms with Gasteiger partial charge in [0.25, 0.3) is 11.8 Å². The Kier molecular flexibility index (Phi) is 6.70. The minimum atomic E-state index is -3.82. The van der Waals surface area contributed by atoms with Gasteiger partial charge >= 0.3 is 0 Å². The second-order valence-electron chi connectivity index (χ2n) is 6.20. The zero-order chi connectivity index (χ0) is 21.9. The van der Waals surface area contributed by atoms with E-state index in [9.17, 15) is 26.8 Å². The number of carbonyl (C=O) groups is 2. The van der Waals surface area contributed by atoms with Gasteiger partial charge in [-0.25, -0.2) is 17.2 Å². The van der Waals surface area contributed by atoms with Crippen LogP contribution in [0, 0.1) is 18.6 Å². The number of hydrogen-bond acceptors (Lipinski definition) is 4. The van der Waals surface area contributed by atoms with Crippen LogP contribution in [0.4, 0.5) is 14.5 Å². The predicted octanol–water partition coefficient (Wildman–Crippen LogP) is 2.65. The van der Waals surface area contributed by atoms with E-state index in [2.05, 4.69) is 5.32 Å². The molecular weight excluding hydrogens is 404 g/mol. The average Bonchev–Trinajstić information content (AvgIpc) is 2.64. The van der Waals surface area contributed by atoms with Gasteiger partial charge in [0.1, 0.15) is 11.6 Å². The van der Waals surface area contributed by atoms with Crippen molar-refractivity contribution in [3.63, 3.8) is 0 Å². The lowest BCUT2D eigenvalue weighted by molar-refractivity contribution is 0.0992. The molecule has 0 aliphatic heterocycles. The Morgan fingerprint density at radius 1 is 1.07 bits per heavy atom. The van der Waals surface area contributed by atoms with Gasteiger partial charge in [-0.15, -0.1) is 0 Å². The highest BCUT2D eigenvalue weighted by Gasteiger charge is 2.25. The Bertz CT molecular complexity index is 1070. The molecule has 3 N–H and O–H groups in total. The molecule has 10 heteroatoms. The molecule has 0 saturated carbocycles. The molecule has 0 unspecified atom stereocenters. The van der Waals surface area contributed by atoms with Crippen LogP contribution >= 0.6 is 0 Å². The van der Waals surface area contributed by atoms with Crippen molar-refractivity contribution in [3.05, 3.63) is 58.7 Å². The number of carbonyl (C=O) groups excluding carboxylic acids is 2. The van der Waals surface area contributed by atoms with E-state index in [1.807, 2.05) is 0 Å². The fourth-order valence-electron chi connectivity index (χ4n) is 2.75. The molecule has 7 nitrogen and oxygen atoms in total. The molecule has 0 aromatic heterocycles. The standard InChI is InChI=1S/C19H21F2N3O4S/c1-4-24(5-2)29(27,28)17-8-12(7-6-11(17)3)19(26)23-16-9-13(18(22)25)14(20)10-15(16)21/h6-10H,4-5H2,1-3H3,(H2,22,25)(H,23,26). The number of aryl methyl sites for hydroxylation is 1. The molecule has 0 aliphatic carbocycles. The van der Waals surface area contributed by atoms with Crippen molar-refractivity contribution < 1.29 is 26.8 Å². The monoisotopic (exact) mass is 425 g/mol. The van der Waals surface area contributed by atoms with Crippen LogP contribution < -0.4 is 11.1 Å². The average molecular weight is 425 g/mol. The number of nitrogens with two attached hydrogens (primary N) is 1. The largest absolute Gasteiger partial charge is 0.366 e. The summed E-state index contributed by atoms with van der Waals surface area (Å²) in [6.07, 6.45) is 0. The molecule has 0 spiro atoms. The Labute approximate surface area is 167 Å². The van der Waals surface area contributed by atoms with Crippen LogP contribution in [0.1, 0.15) is 40.1 Å². The summed E-state index contributed by atoms with van der Waals surface area (Å²) in [5.41, 5.74) is 4.37.